The van der Waals surface area contributed by atoms with E-state index in [9.17, 15) is 14.5 Å². The van der Waals surface area contributed by atoms with Crippen LogP contribution in [0.5, 0.6) is 0 Å². The lowest BCUT2D eigenvalue weighted by atomic mass is 9.99. The van der Waals surface area contributed by atoms with Crippen molar-refractivity contribution in [1.82, 2.24) is 4.90 Å². The van der Waals surface area contributed by atoms with Gasteiger partial charge in [0.2, 0.25) is 5.82 Å². The third-order valence-electron chi connectivity index (χ3n) is 3.85. The maximum Gasteiger partial charge on any atom is 0.305 e. The Balaban J connectivity index is 2.18. The van der Waals surface area contributed by atoms with E-state index in [2.05, 4.69) is 11.8 Å². The minimum Gasteiger partial charge on any atom is -0.296 e. The minimum atomic E-state index is -0.687. The molecule has 1 aliphatic rings. The van der Waals surface area contributed by atoms with Gasteiger partial charge in [-0.3, -0.25) is 15.0 Å². The van der Waals surface area contributed by atoms with E-state index in [0.717, 1.165) is 25.8 Å². The van der Waals surface area contributed by atoms with Crippen LogP contribution in [-0.4, -0.2) is 22.4 Å². The van der Waals surface area contributed by atoms with E-state index < -0.39 is 16.4 Å². The van der Waals surface area contributed by atoms with Crippen LogP contribution in [0.25, 0.3) is 0 Å². The summed E-state index contributed by atoms with van der Waals surface area (Å²) in [5.74, 6) is -0.687. The lowest BCUT2D eigenvalue weighted by Crippen LogP contribution is -2.38. The average molecular weight is 266 g/mol. The number of rotatable bonds is 4. The zero-order valence-corrected chi connectivity index (χ0v) is 11.1. The van der Waals surface area contributed by atoms with Crippen molar-refractivity contribution < 1.29 is 9.31 Å². The highest BCUT2D eigenvalue weighted by Crippen LogP contribution is 2.25. The molecular formula is C14H19FN2O2. The Morgan fingerprint density at radius 2 is 2.26 bits per heavy atom. The van der Waals surface area contributed by atoms with Crippen LogP contribution < -0.4 is 0 Å². The van der Waals surface area contributed by atoms with Gasteiger partial charge in [0.1, 0.15) is 0 Å². The molecule has 104 valence electrons. The Labute approximate surface area is 112 Å². The molecule has 0 aliphatic carbocycles. The van der Waals surface area contributed by atoms with Gasteiger partial charge in [-0.05, 0) is 25.8 Å². The average Bonchev–Trinajstić information content (AvgIpc) is 2.41. The van der Waals surface area contributed by atoms with Crippen molar-refractivity contribution in [3.63, 3.8) is 0 Å². The molecule has 1 aliphatic heterocycles. The number of hydrogen-bond donors (Lipinski definition) is 0. The molecule has 1 atom stereocenters. The topological polar surface area (TPSA) is 46.4 Å². The van der Waals surface area contributed by atoms with Crippen molar-refractivity contribution in [3.8, 4) is 0 Å². The largest absolute Gasteiger partial charge is 0.305 e. The minimum absolute atomic E-state index is 0.426. The standard InChI is InChI=1S/C14H19FN2O2/c1-2-12-7-3-4-9-16(12)10-11-6-5-8-13(14(11)15)17(18)19/h5-6,8,12H,2-4,7,9-10H2,1H3. The van der Waals surface area contributed by atoms with Crippen LogP contribution in [0.15, 0.2) is 18.2 Å². The first kappa shape index (κ1) is 13.9. The maximum absolute atomic E-state index is 14.0. The Morgan fingerprint density at radius 1 is 1.47 bits per heavy atom. The number of hydrogen-bond acceptors (Lipinski definition) is 3. The van der Waals surface area contributed by atoms with Gasteiger partial charge in [0.25, 0.3) is 0 Å². The summed E-state index contributed by atoms with van der Waals surface area (Å²) in [4.78, 5) is 12.3. The first-order valence-electron chi connectivity index (χ1n) is 6.79. The van der Waals surface area contributed by atoms with Crippen molar-refractivity contribution in [2.45, 2.75) is 45.2 Å². The second kappa shape index (κ2) is 6.10. The van der Waals surface area contributed by atoms with E-state index >= 15 is 0 Å². The quantitative estimate of drug-likeness (QED) is 0.619. The molecule has 0 radical (unpaired) electrons. The molecule has 2 rings (SSSR count). The van der Waals surface area contributed by atoms with Crippen LogP contribution in [0.1, 0.15) is 38.2 Å². The molecule has 1 saturated heterocycles. The van der Waals surface area contributed by atoms with E-state index in [-0.39, 0.29) is 0 Å². The zero-order chi connectivity index (χ0) is 13.8. The fourth-order valence-corrected chi connectivity index (χ4v) is 2.78. The molecular weight excluding hydrogens is 247 g/mol. The summed E-state index contributed by atoms with van der Waals surface area (Å²) in [6.07, 6.45) is 4.50. The zero-order valence-electron chi connectivity index (χ0n) is 11.1. The monoisotopic (exact) mass is 266 g/mol. The molecule has 1 aromatic rings. The summed E-state index contributed by atoms with van der Waals surface area (Å²) >= 11 is 0. The Hall–Kier alpha value is -1.49. The summed E-state index contributed by atoms with van der Waals surface area (Å²) < 4.78 is 14.0. The van der Waals surface area contributed by atoms with E-state index in [4.69, 9.17) is 0 Å². The summed E-state index contributed by atoms with van der Waals surface area (Å²) in [5, 5.41) is 10.7. The van der Waals surface area contributed by atoms with Gasteiger partial charge in [0.15, 0.2) is 0 Å². The van der Waals surface area contributed by atoms with Crippen LogP contribution >= 0.6 is 0 Å². The van der Waals surface area contributed by atoms with Gasteiger partial charge in [0, 0.05) is 24.2 Å². The molecule has 1 fully saturated rings. The molecule has 19 heavy (non-hydrogen) atoms. The predicted molar refractivity (Wildman–Crippen MR) is 71.4 cm³/mol. The second-order valence-corrected chi connectivity index (χ2v) is 5.04. The molecule has 1 aromatic carbocycles. The highest BCUT2D eigenvalue weighted by Gasteiger charge is 2.24. The van der Waals surface area contributed by atoms with Crippen molar-refractivity contribution >= 4 is 5.69 Å². The number of piperidine rings is 1. The van der Waals surface area contributed by atoms with E-state index in [1.807, 2.05) is 0 Å². The molecule has 0 amide bonds. The SMILES string of the molecule is CCC1CCCCN1Cc1cccc([N+](=O)[O-])c1F. The molecule has 1 unspecified atom stereocenters. The number of nitro benzene ring substituents is 1. The van der Waals surface area contributed by atoms with Gasteiger partial charge in [-0.25, -0.2) is 0 Å². The van der Waals surface area contributed by atoms with E-state index in [1.165, 1.54) is 12.5 Å². The van der Waals surface area contributed by atoms with Crippen molar-refractivity contribution in [2.24, 2.45) is 0 Å². The van der Waals surface area contributed by atoms with E-state index in [0.29, 0.717) is 18.2 Å². The molecule has 4 nitrogen and oxygen atoms in total. The van der Waals surface area contributed by atoms with Gasteiger partial charge in [-0.15, -0.1) is 0 Å². The molecule has 0 spiro atoms. The summed E-state index contributed by atoms with van der Waals surface area (Å²) in [7, 11) is 0. The number of likely N-dealkylation sites (tertiary alicyclic amines) is 1. The Morgan fingerprint density at radius 3 is 2.95 bits per heavy atom. The van der Waals surface area contributed by atoms with Crippen molar-refractivity contribution in [3.05, 3.63) is 39.7 Å². The van der Waals surface area contributed by atoms with E-state index in [1.54, 1.807) is 12.1 Å². The molecule has 0 N–H and O–H groups in total. The number of halogens is 1. The van der Waals surface area contributed by atoms with Crippen LogP contribution in [0, 0.1) is 15.9 Å². The van der Waals surface area contributed by atoms with Crippen LogP contribution in [0.2, 0.25) is 0 Å². The molecule has 0 bridgehead atoms. The maximum atomic E-state index is 14.0. The fourth-order valence-electron chi connectivity index (χ4n) is 2.78. The number of benzene rings is 1. The summed E-state index contributed by atoms with van der Waals surface area (Å²) in [5.41, 5.74) is -0.00268. The van der Waals surface area contributed by atoms with Gasteiger partial charge in [0.05, 0.1) is 4.92 Å². The van der Waals surface area contributed by atoms with Gasteiger partial charge in [-0.1, -0.05) is 25.5 Å². The number of nitrogens with zero attached hydrogens (tertiary/aromatic N) is 2. The smallest absolute Gasteiger partial charge is 0.296 e. The molecule has 0 saturated carbocycles. The molecule has 0 aromatic heterocycles. The predicted octanol–water partition coefficient (Wildman–Crippen LogP) is 3.50. The van der Waals surface area contributed by atoms with Crippen molar-refractivity contribution in [1.29, 1.82) is 0 Å². The first-order valence-corrected chi connectivity index (χ1v) is 6.79. The lowest BCUT2D eigenvalue weighted by Gasteiger charge is -2.35. The molecule has 5 heteroatoms. The Bertz CT molecular complexity index is 465. The van der Waals surface area contributed by atoms with Crippen LogP contribution in [0.3, 0.4) is 0 Å². The van der Waals surface area contributed by atoms with Gasteiger partial charge < -0.3 is 0 Å². The second-order valence-electron chi connectivity index (χ2n) is 5.04. The third kappa shape index (κ3) is 3.10. The van der Waals surface area contributed by atoms with Crippen LogP contribution in [-0.2, 0) is 6.54 Å². The summed E-state index contributed by atoms with van der Waals surface area (Å²) in [6.45, 7) is 3.54. The highest BCUT2D eigenvalue weighted by atomic mass is 19.1. The van der Waals surface area contributed by atoms with Crippen molar-refractivity contribution in [2.75, 3.05) is 6.54 Å². The van der Waals surface area contributed by atoms with Crippen LogP contribution in [0.4, 0.5) is 10.1 Å². The fraction of sp³-hybridized carbons (Fsp3) is 0.571. The number of nitro groups is 1. The summed E-state index contributed by atoms with van der Waals surface area (Å²) in [6, 6.07) is 4.88. The Kier molecular flexibility index (Phi) is 4.47. The highest BCUT2D eigenvalue weighted by molar-refractivity contribution is 5.36. The van der Waals surface area contributed by atoms with Gasteiger partial charge in [-0.2, -0.15) is 4.39 Å². The van der Waals surface area contributed by atoms with Gasteiger partial charge >= 0.3 is 5.69 Å². The lowest BCUT2D eigenvalue weighted by molar-refractivity contribution is -0.387. The third-order valence-corrected chi connectivity index (χ3v) is 3.85. The molecule has 1 heterocycles. The normalized spacial score (nSPS) is 20.4. The first-order chi connectivity index (χ1) is 9.13.